The quantitative estimate of drug-likeness (QED) is 0.538. The minimum Gasteiger partial charge on any atom is -0.464 e. The standard InChI is InChI=1S/C11H5NO2/c12-6-7-5-9-8-3-4-13-10(8)1-2-11(9)14-7/h1-5H. The summed E-state index contributed by atoms with van der Waals surface area (Å²) in [6, 6.07) is 9.22. The Hall–Kier alpha value is -2.21. The van der Waals surface area contributed by atoms with Crippen molar-refractivity contribution in [1.82, 2.24) is 0 Å². The Kier molecular flexibility index (Phi) is 1.23. The first-order valence-corrected chi connectivity index (χ1v) is 4.18. The second-order valence-electron chi connectivity index (χ2n) is 3.03. The minimum absolute atomic E-state index is 0.328. The molecule has 0 saturated carbocycles. The molecule has 0 aliphatic heterocycles. The number of fused-ring (bicyclic) bond motifs is 3. The van der Waals surface area contributed by atoms with Crippen molar-refractivity contribution in [2.45, 2.75) is 0 Å². The summed E-state index contributed by atoms with van der Waals surface area (Å²) in [7, 11) is 0. The van der Waals surface area contributed by atoms with Gasteiger partial charge in [0.15, 0.2) is 0 Å². The molecule has 0 saturated heterocycles. The van der Waals surface area contributed by atoms with Gasteiger partial charge in [-0.25, -0.2) is 0 Å². The van der Waals surface area contributed by atoms with E-state index in [1.807, 2.05) is 24.3 Å². The van der Waals surface area contributed by atoms with Crippen molar-refractivity contribution in [3.05, 3.63) is 36.3 Å². The van der Waals surface area contributed by atoms with Crippen molar-refractivity contribution >= 4 is 21.9 Å². The minimum atomic E-state index is 0.328. The van der Waals surface area contributed by atoms with Gasteiger partial charge in [-0.1, -0.05) is 0 Å². The number of rotatable bonds is 0. The van der Waals surface area contributed by atoms with Crippen LogP contribution in [0.4, 0.5) is 0 Å². The van der Waals surface area contributed by atoms with Gasteiger partial charge in [-0.3, -0.25) is 0 Å². The number of nitrogens with zero attached hydrogens (tertiary/aromatic N) is 1. The molecule has 0 aliphatic carbocycles. The lowest BCUT2D eigenvalue weighted by Crippen LogP contribution is -1.64. The highest BCUT2D eigenvalue weighted by Crippen LogP contribution is 2.28. The summed E-state index contributed by atoms with van der Waals surface area (Å²) in [5.41, 5.74) is 1.53. The van der Waals surface area contributed by atoms with E-state index >= 15 is 0 Å². The number of furan rings is 2. The van der Waals surface area contributed by atoms with Gasteiger partial charge in [0.1, 0.15) is 17.2 Å². The fraction of sp³-hybridized carbons (Fsp3) is 0. The summed E-state index contributed by atoms with van der Waals surface area (Å²) >= 11 is 0. The largest absolute Gasteiger partial charge is 0.464 e. The highest BCUT2D eigenvalue weighted by atomic mass is 16.3. The van der Waals surface area contributed by atoms with Crippen molar-refractivity contribution in [3.8, 4) is 6.07 Å². The molecule has 3 heteroatoms. The van der Waals surface area contributed by atoms with Crippen LogP contribution in [0.3, 0.4) is 0 Å². The van der Waals surface area contributed by atoms with Gasteiger partial charge in [0, 0.05) is 16.8 Å². The van der Waals surface area contributed by atoms with E-state index < -0.39 is 0 Å². The molecule has 0 N–H and O–H groups in total. The van der Waals surface area contributed by atoms with E-state index in [0.717, 1.165) is 21.9 Å². The highest BCUT2D eigenvalue weighted by Gasteiger charge is 2.07. The number of benzene rings is 1. The monoisotopic (exact) mass is 183 g/mol. The van der Waals surface area contributed by atoms with E-state index in [4.69, 9.17) is 14.1 Å². The second-order valence-corrected chi connectivity index (χ2v) is 3.03. The molecular weight excluding hydrogens is 178 g/mol. The maximum Gasteiger partial charge on any atom is 0.204 e. The molecule has 0 atom stereocenters. The number of hydrogen-bond donors (Lipinski definition) is 0. The van der Waals surface area contributed by atoms with Crippen LogP contribution in [0, 0.1) is 11.3 Å². The molecule has 2 heterocycles. The van der Waals surface area contributed by atoms with E-state index in [1.165, 1.54) is 0 Å². The lowest BCUT2D eigenvalue weighted by Gasteiger charge is -1.88. The third-order valence-corrected chi connectivity index (χ3v) is 2.24. The zero-order chi connectivity index (χ0) is 9.54. The zero-order valence-electron chi connectivity index (χ0n) is 7.15. The average Bonchev–Trinajstić information content (AvgIpc) is 2.82. The third-order valence-electron chi connectivity index (χ3n) is 2.24. The van der Waals surface area contributed by atoms with Gasteiger partial charge >= 0.3 is 0 Å². The van der Waals surface area contributed by atoms with Gasteiger partial charge in [-0.2, -0.15) is 5.26 Å². The van der Waals surface area contributed by atoms with Gasteiger partial charge in [0.2, 0.25) is 5.76 Å². The van der Waals surface area contributed by atoms with Gasteiger partial charge in [0.05, 0.1) is 6.26 Å². The van der Waals surface area contributed by atoms with Gasteiger partial charge in [-0.05, 0) is 18.2 Å². The fourth-order valence-electron chi connectivity index (χ4n) is 1.62. The molecule has 3 aromatic rings. The highest BCUT2D eigenvalue weighted by molar-refractivity contribution is 6.04. The smallest absolute Gasteiger partial charge is 0.204 e. The van der Waals surface area contributed by atoms with Crippen LogP contribution in [0.5, 0.6) is 0 Å². The molecule has 3 nitrogen and oxygen atoms in total. The molecule has 0 amide bonds. The summed E-state index contributed by atoms with van der Waals surface area (Å²) in [6.45, 7) is 0. The van der Waals surface area contributed by atoms with Crippen LogP contribution in [0.2, 0.25) is 0 Å². The molecule has 14 heavy (non-hydrogen) atoms. The average molecular weight is 183 g/mol. The normalized spacial score (nSPS) is 10.8. The first kappa shape index (κ1) is 7.22. The molecular formula is C11H5NO2. The maximum atomic E-state index is 8.69. The van der Waals surface area contributed by atoms with Crippen molar-refractivity contribution in [2.75, 3.05) is 0 Å². The first-order valence-electron chi connectivity index (χ1n) is 4.18. The Bertz CT molecular complexity index is 655. The Labute approximate surface area is 79.1 Å². The van der Waals surface area contributed by atoms with Crippen molar-refractivity contribution in [1.29, 1.82) is 5.26 Å². The molecule has 3 rings (SSSR count). The van der Waals surface area contributed by atoms with Gasteiger partial charge in [-0.15, -0.1) is 0 Å². The Morgan fingerprint density at radius 2 is 1.93 bits per heavy atom. The Balaban J connectivity index is 2.56. The summed E-state index contributed by atoms with van der Waals surface area (Å²) in [6.07, 6.45) is 1.63. The molecule has 0 bridgehead atoms. The molecule has 0 fully saturated rings. The summed E-state index contributed by atoms with van der Waals surface area (Å²) in [5, 5.41) is 10.6. The molecule has 0 unspecified atom stereocenters. The number of hydrogen-bond acceptors (Lipinski definition) is 3. The summed E-state index contributed by atoms with van der Waals surface area (Å²) in [5.74, 6) is 0.328. The molecule has 2 aromatic heterocycles. The van der Waals surface area contributed by atoms with Crippen LogP contribution in [0.1, 0.15) is 5.76 Å². The van der Waals surface area contributed by atoms with E-state index in [0.29, 0.717) is 5.76 Å². The van der Waals surface area contributed by atoms with E-state index in [2.05, 4.69) is 0 Å². The Morgan fingerprint density at radius 1 is 1.07 bits per heavy atom. The summed E-state index contributed by atoms with van der Waals surface area (Å²) in [4.78, 5) is 0. The van der Waals surface area contributed by atoms with E-state index in [-0.39, 0.29) is 0 Å². The molecule has 0 radical (unpaired) electrons. The topological polar surface area (TPSA) is 50.1 Å². The molecule has 0 aliphatic rings. The third kappa shape index (κ3) is 0.798. The van der Waals surface area contributed by atoms with Gasteiger partial charge < -0.3 is 8.83 Å². The van der Waals surface area contributed by atoms with Crippen LogP contribution in [0.25, 0.3) is 21.9 Å². The summed E-state index contributed by atoms with van der Waals surface area (Å²) < 4.78 is 10.5. The molecule has 1 aromatic carbocycles. The Morgan fingerprint density at radius 3 is 2.79 bits per heavy atom. The lowest BCUT2D eigenvalue weighted by atomic mass is 10.2. The SMILES string of the molecule is N#Cc1cc2c(ccc3occc32)o1. The molecule has 0 spiro atoms. The predicted octanol–water partition coefficient (Wildman–Crippen LogP) is 3.05. The van der Waals surface area contributed by atoms with Crippen LogP contribution in [-0.4, -0.2) is 0 Å². The van der Waals surface area contributed by atoms with Crippen LogP contribution < -0.4 is 0 Å². The maximum absolute atomic E-state index is 8.69. The van der Waals surface area contributed by atoms with E-state index in [9.17, 15) is 0 Å². The zero-order valence-corrected chi connectivity index (χ0v) is 7.15. The van der Waals surface area contributed by atoms with Gasteiger partial charge in [0.25, 0.3) is 0 Å². The van der Waals surface area contributed by atoms with Crippen LogP contribution in [-0.2, 0) is 0 Å². The number of nitriles is 1. The van der Waals surface area contributed by atoms with Crippen molar-refractivity contribution in [2.24, 2.45) is 0 Å². The van der Waals surface area contributed by atoms with E-state index in [1.54, 1.807) is 12.3 Å². The molecule has 66 valence electrons. The van der Waals surface area contributed by atoms with Crippen LogP contribution in [0.15, 0.2) is 39.4 Å². The fourth-order valence-corrected chi connectivity index (χ4v) is 1.62. The lowest BCUT2D eigenvalue weighted by molar-refractivity contribution is 0.598. The van der Waals surface area contributed by atoms with Crippen molar-refractivity contribution in [3.63, 3.8) is 0 Å². The van der Waals surface area contributed by atoms with Crippen LogP contribution >= 0.6 is 0 Å². The second kappa shape index (κ2) is 2.39. The predicted molar refractivity (Wildman–Crippen MR) is 50.7 cm³/mol. The van der Waals surface area contributed by atoms with Crippen molar-refractivity contribution < 1.29 is 8.83 Å². The first-order chi connectivity index (χ1) is 6.88.